The van der Waals surface area contributed by atoms with Crippen LogP contribution in [0.25, 0.3) is 0 Å². The molecule has 0 aromatic carbocycles. The van der Waals surface area contributed by atoms with Crippen LogP contribution in [0.5, 0.6) is 0 Å². The molecule has 1 atom stereocenters. The Hall–Kier alpha value is -2.64. The summed E-state index contributed by atoms with van der Waals surface area (Å²) in [6, 6.07) is 7.66. The number of amides is 1. The van der Waals surface area contributed by atoms with Crippen molar-refractivity contribution in [1.29, 1.82) is 10.5 Å². The van der Waals surface area contributed by atoms with E-state index in [9.17, 15) is 10.1 Å². The lowest BCUT2D eigenvalue weighted by Crippen LogP contribution is -2.51. The monoisotopic (exact) mass is 324 g/mol. The third-order valence-corrected chi connectivity index (χ3v) is 4.66. The summed E-state index contributed by atoms with van der Waals surface area (Å²) in [5, 5.41) is 18.3. The van der Waals surface area contributed by atoms with Crippen molar-refractivity contribution < 1.29 is 4.79 Å². The Morgan fingerprint density at radius 3 is 2.75 bits per heavy atom. The number of carbonyl (C=O) groups excluding carboxylic acids is 1. The molecule has 0 saturated carbocycles. The number of pyridine rings is 1. The minimum absolute atomic E-state index is 0.0445. The van der Waals surface area contributed by atoms with Crippen LogP contribution in [0, 0.1) is 22.7 Å². The van der Waals surface area contributed by atoms with Crippen LogP contribution in [0.1, 0.15) is 18.4 Å². The normalized spacial score (nSPS) is 21.3. The van der Waals surface area contributed by atoms with Crippen LogP contribution in [0.2, 0.25) is 0 Å². The number of hydrogen-bond donors (Lipinski definition) is 0. The van der Waals surface area contributed by atoms with Gasteiger partial charge in [-0.1, -0.05) is 0 Å². The van der Waals surface area contributed by atoms with Crippen molar-refractivity contribution in [3.05, 3.63) is 23.9 Å². The van der Waals surface area contributed by atoms with Crippen molar-refractivity contribution in [1.82, 2.24) is 14.8 Å². The Morgan fingerprint density at radius 2 is 2.04 bits per heavy atom. The van der Waals surface area contributed by atoms with E-state index >= 15 is 0 Å². The van der Waals surface area contributed by atoms with Gasteiger partial charge < -0.3 is 9.80 Å². The van der Waals surface area contributed by atoms with Gasteiger partial charge in [0.25, 0.3) is 0 Å². The number of hydrogen-bond acceptors (Lipinski definition) is 6. The van der Waals surface area contributed by atoms with Crippen LogP contribution in [-0.4, -0.2) is 66.0 Å². The first-order valence-electron chi connectivity index (χ1n) is 8.24. The Bertz CT molecular complexity index is 683. The standard InChI is InChI=1S/C17H20N6O/c18-11-14-3-1-5-20-17(14)22-9-7-21(8-10-22)13-16(24)23-6-2-4-15(23)12-19/h1,3,5,15H,2,4,6-10,13H2/t15-/m0/s1. The molecule has 7 nitrogen and oxygen atoms in total. The van der Waals surface area contributed by atoms with Crippen molar-refractivity contribution in [3.63, 3.8) is 0 Å². The van der Waals surface area contributed by atoms with E-state index in [1.165, 1.54) is 0 Å². The highest BCUT2D eigenvalue weighted by Gasteiger charge is 2.30. The molecular weight excluding hydrogens is 304 g/mol. The lowest BCUT2D eigenvalue weighted by atomic mass is 10.2. The van der Waals surface area contributed by atoms with Crippen molar-refractivity contribution in [3.8, 4) is 12.1 Å². The number of anilines is 1. The lowest BCUT2D eigenvalue weighted by molar-refractivity contribution is -0.132. The highest BCUT2D eigenvalue weighted by molar-refractivity contribution is 5.79. The molecule has 1 aromatic heterocycles. The quantitative estimate of drug-likeness (QED) is 0.809. The van der Waals surface area contributed by atoms with E-state index in [0.717, 1.165) is 44.8 Å². The molecule has 2 saturated heterocycles. The smallest absolute Gasteiger partial charge is 0.237 e. The lowest BCUT2D eigenvalue weighted by Gasteiger charge is -2.36. The molecule has 3 heterocycles. The third kappa shape index (κ3) is 3.32. The topological polar surface area (TPSA) is 87.3 Å². The molecule has 0 unspecified atom stereocenters. The molecule has 2 fully saturated rings. The predicted molar refractivity (Wildman–Crippen MR) is 88.0 cm³/mol. The van der Waals surface area contributed by atoms with Gasteiger partial charge in [-0.05, 0) is 25.0 Å². The van der Waals surface area contributed by atoms with Crippen LogP contribution >= 0.6 is 0 Å². The average Bonchev–Trinajstić information content (AvgIpc) is 3.11. The largest absolute Gasteiger partial charge is 0.353 e. The fourth-order valence-electron chi connectivity index (χ4n) is 3.34. The second-order valence-corrected chi connectivity index (χ2v) is 6.12. The van der Waals surface area contributed by atoms with Gasteiger partial charge in [0.15, 0.2) is 0 Å². The molecule has 124 valence electrons. The molecule has 0 N–H and O–H groups in total. The third-order valence-electron chi connectivity index (χ3n) is 4.66. The van der Waals surface area contributed by atoms with Crippen LogP contribution in [0.3, 0.4) is 0 Å². The van der Waals surface area contributed by atoms with E-state index < -0.39 is 0 Å². The van der Waals surface area contributed by atoms with Crippen molar-refractivity contribution in [2.75, 3.05) is 44.2 Å². The first-order chi connectivity index (χ1) is 11.7. The van der Waals surface area contributed by atoms with Gasteiger partial charge in [-0.3, -0.25) is 9.69 Å². The minimum Gasteiger partial charge on any atom is -0.353 e. The van der Waals surface area contributed by atoms with E-state index in [0.29, 0.717) is 18.7 Å². The Morgan fingerprint density at radius 1 is 1.25 bits per heavy atom. The van der Waals surface area contributed by atoms with Gasteiger partial charge in [-0.15, -0.1) is 0 Å². The fourth-order valence-corrected chi connectivity index (χ4v) is 3.34. The van der Waals surface area contributed by atoms with E-state index in [1.54, 1.807) is 23.2 Å². The van der Waals surface area contributed by atoms with Crippen LogP contribution in [0.15, 0.2) is 18.3 Å². The number of likely N-dealkylation sites (tertiary alicyclic amines) is 1. The molecule has 3 rings (SSSR count). The maximum atomic E-state index is 12.4. The summed E-state index contributed by atoms with van der Waals surface area (Å²) in [6.45, 7) is 4.02. The van der Waals surface area contributed by atoms with Gasteiger partial charge in [0.05, 0.1) is 18.2 Å². The molecule has 0 aliphatic carbocycles. The second kappa shape index (κ2) is 7.29. The van der Waals surface area contributed by atoms with E-state index in [2.05, 4.69) is 26.9 Å². The molecular formula is C17H20N6O. The van der Waals surface area contributed by atoms with Gasteiger partial charge in [0, 0.05) is 38.9 Å². The van der Waals surface area contributed by atoms with Crippen molar-refractivity contribution in [2.24, 2.45) is 0 Å². The molecule has 0 radical (unpaired) electrons. The van der Waals surface area contributed by atoms with Gasteiger partial charge in [0.2, 0.25) is 5.91 Å². The fraction of sp³-hybridized carbons (Fsp3) is 0.529. The van der Waals surface area contributed by atoms with Crippen molar-refractivity contribution in [2.45, 2.75) is 18.9 Å². The number of nitrogens with zero attached hydrogens (tertiary/aromatic N) is 6. The van der Waals surface area contributed by atoms with Crippen molar-refractivity contribution >= 4 is 11.7 Å². The SMILES string of the molecule is N#Cc1cccnc1N1CCN(CC(=O)N2CCC[C@H]2C#N)CC1. The molecule has 2 aliphatic heterocycles. The first-order valence-corrected chi connectivity index (χ1v) is 8.24. The molecule has 0 spiro atoms. The van der Waals surface area contributed by atoms with Crippen LogP contribution in [0.4, 0.5) is 5.82 Å². The summed E-state index contributed by atoms with van der Waals surface area (Å²) in [5.41, 5.74) is 0.580. The Balaban J connectivity index is 1.55. The Labute approximate surface area is 141 Å². The Kier molecular flexibility index (Phi) is 4.93. The minimum atomic E-state index is -0.259. The summed E-state index contributed by atoms with van der Waals surface area (Å²) in [6.07, 6.45) is 3.39. The predicted octanol–water partition coefficient (Wildman–Crippen LogP) is 0.590. The zero-order valence-corrected chi connectivity index (χ0v) is 13.6. The van der Waals surface area contributed by atoms with Gasteiger partial charge >= 0.3 is 0 Å². The maximum absolute atomic E-state index is 12.4. The highest BCUT2D eigenvalue weighted by Crippen LogP contribution is 2.19. The van der Waals surface area contributed by atoms with E-state index in [-0.39, 0.29) is 11.9 Å². The summed E-state index contributed by atoms with van der Waals surface area (Å²) in [4.78, 5) is 22.6. The second-order valence-electron chi connectivity index (χ2n) is 6.12. The summed E-state index contributed by atoms with van der Waals surface area (Å²) in [7, 11) is 0. The maximum Gasteiger partial charge on any atom is 0.237 e. The van der Waals surface area contributed by atoms with Gasteiger partial charge in [-0.25, -0.2) is 4.98 Å². The van der Waals surface area contributed by atoms with Crippen LogP contribution < -0.4 is 4.90 Å². The van der Waals surface area contributed by atoms with E-state index in [4.69, 9.17) is 5.26 Å². The number of nitriles is 2. The van der Waals surface area contributed by atoms with E-state index in [1.807, 2.05) is 0 Å². The first kappa shape index (κ1) is 16.2. The molecule has 1 aromatic rings. The number of rotatable bonds is 3. The molecule has 0 bridgehead atoms. The average molecular weight is 324 g/mol. The van der Waals surface area contributed by atoms with Gasteiger partial charge in [-0.2, -0.15) is 10.5 Å². The molecule has 1 amide bonds. The summed E-state index contributed by atoms with van der Waals surface area (Å²) >= 11 is 0. The highest BCUT2D eigenvalue weighted by atomic mass is 16.2. The summed E-state index contributed by atoms with van der Waals surface area (Å²) < 4.78 is 0. The number of carbonyl (C=O) groups is 1. The molecule has 2 aliphatic rings. The molecule has 7 heteroatoms. The summed E-state index contributed by atoms with van der Waals surface area (Å²) in [5.74, 6) is 0.762. The molecule has 24 heavy (non-hydrogen) atoms. The zero-order valence-electron chi connectivity index (χ0n) is 13.6. The number of aromatic nitrogens is 1. The number of piperazine rings is 1. The van der Waals surface area contributed by atoms with Gasteiger partial charge in [0.1, 0.15) is 17.9 Å². The van der Waals surface area contributed by atoms with Crippen LogP contribution in [-0.2, 0) is 4.79 Å². The zero-order chi connectivity index (χ0) is 16.9.